The summed E-state index contributed by atoms with van der Waals surface area (Å²) >= 11 is 5.85. The molecule has 128 valence electrons. The molecule has 24 heavy (non-hydrogen) atoms. The highest BCUT2D eigenvalue weighted by Gasteiger charge is 2.10. The Hall–Kier alpha value is -2.18. The van der Waals surface area contributed by atoms with Gasteiger partial charge in [0.2, 0.25) is 0 Å². The Balaban J connectivity index is 1.95. The summed E-state index contributed by atoms with van der Waals surface area (Å²) in [4.78, 5) is 20.8. The van der Waals surface area contributed by atoms with E-state index in [9.17, 15) is 4.79 Å². The van der Waals surface area contributed by atoms with E-state index >= 15 is 0 Å². The molecule has 2 aromatic rings. The van der Waals surface area contributed by atoms with Crippen LogP contribution in [0.3, 0.4) is 0 Å². The molecular weight excluding hydrogens is 328 g/mol. The quantitative estimate of drug-likeness (QED) is 0.717. The monoisotopic (exact) mass is 348 g/mol. The summed E-state index contributed by atoms with van der Waals surface area (Å²) in [6.07, 6.45) is 0.859. The van der Waals surface area contributed by atoms with Crippen LogP contribution >= 0.6 is 11.6 Å². The highest BCUT2D eigenvalue weighted by Crippen LogP contribution is 2.10. The third-order valence-corrected chi connectivity index (χ3v) is 3.52. The largest absolute Gasteiger partial charge is 0.385 e. The van der Waals surface area contributed by atoms with Gasteiger partial charge in [0.05, 0.1) is 0 Å². The molecule has 0 saturated carbocycles. The molecule has 1 amide bonds. The number of nitrogens with zero attached hydrogens (tertiary/aromatic N) is 2. The molecule has 1 heterocycles. The zero-order valence-corrected chi connectivity index (χ0v) is 14.6. The van der Waals surface area contributed by atoms with E-state index < -0.39 is 0 Å². The van der Waals surface area contributed by atoms with Gasteiger partial charge in [-0.2, -0.15) is 0 Å². The summed E-state index contributed by atoms with van der Waals surface area (Å²) in [6.45, 7) is 3.56. The first-order valence-corrected chi connectivity index (χ1v) is 8.07. The maximum absolute atomic E-state index is 12.3. The minimum Gasteiger partial charge on any atom is -0.385 e. The number of nitrogens with one attached hydrogen (secondary N) is 2. The lowest BCUT2D eigenvalue weighted by atomic mass is 10.2. The third-order valence-electron chi connectivity index (χ3n) is 3.27. The van der Waals surface area contributed by atoms with Gasteiger partial charge in [0.1, 0.15) is 17.3 Å². The average molecular weight is 349 g/mol. The molecule has 0 aliphatic carbocycles. The van der Waals surface area contributed by atoms with Crippen LogP contribution in [0.15, 0.2) is 30.3 Å². The fraction of sp³-hybridized carbons (Fsp3) is 0.353. The van der Waals surface area contributed by atoms with Crippen molar-refractivity contribution in [1.82, 2.24) is 15.3 Å². The number of rotatable bonds is 8. The Labute approximate surface area is 146 Å². The molecule has 0 bridgehead atoms. The molecule has 7 heteroatoms. The van der Waals surface area contributed by atoms with Gasteiger partial charge in [-0.1, -0.05) is 23.7 Å². The van der Waals surface area contributed by atoms with Crippen LogP contribution in [0.4, 0.5) is 5.82 Å². The van der Waals surface area contributed by atoms with E-state index in [2.05, 4.69) is 20.6 Å². The predicted octanol–water partition coefficient (Wildman–Crippen LogP) is 2.82. The first kappa shape index (κ1) is 18.2. The molecule has 0 fully saturated rings. The smallest absolute Gasteiger partial charge is 0.270 e. The van der Waals surface area contributed by atoms with Crippen molar-refractivity contribution in [1.29, 1.82) is 0 Å². The van der Waals surface area contributed by atoms with Crippen LogP contribution in [0.1, 0.15) is 28.3 Å². The van der Waals surface area contributed by atoms with E-state index in [0.29, 0.717) is 35.5 Å². The minimum atomic E-state index is -0.240. The average Bonchev–Trinajstić information content (AvgIpc) is 2.57. The van der Waals surface area contributed by atoms with Gasteiger partial charge >= 0.3 is 0 Å². The number of hydrogen-bond acceptors (Lipinski definition) is 5. The van der Waals surface area contributed by atoms with E-state index in [-0.39, 0.29) is 5.91 Å². The van der Waals surface area contributed by atoms with Gasteiger partial charge in [0.15, 0.2) is 0 Å². The minimum absolute atomic E-state index is 0.240. The molecular formula is C17H21ClN4O2. The van der Waals surface area contributed by atoms with Crippen molar-refractivity contribution in [3.8, 4) is 0 Å². The topological polar surface area (TPSA) is 76.1 Å². The number of aryl methyl sites for hydroxylation is 1. The second-order valence-electron chi connectivity index (χ2n) is 5.27. The second kappa shape index (κ2) is 9.20. The van der Waals surface area contributed by atoms with Gasteiger partial charge in [0.25, 0.3) is 5.91 Å². The maximum atomic E-state index is 12.3. The van der Waals surface area contributed by atoms with Crippen LogP contribution in [-0.2, 0) is 11.3 Å². The number of ether oxygens (including phenoxy) is 1. The molecule has 0 atom stereocenters. The summed E-state index contributed by atoms with van der Waals surface area (Å²) in [5.41, 5.74) is 1.31. The predicted molar refractivity (Wildman–Crippen MR) is 94.4 cm³/mol. The molecule has 0 saturated heterocycles. The number of benzene rings is 1. The van der Waals surface area contributed by atoms with Crippen LogP contribution in [0.2, 0.25) is 5.02 Å². The molecule has 0 radical (unpaired) electrons. The molecule has 1 aromatic carbocycles. The lowest BCUT2D eigenvalue weighted by Crippen LogP contribution is -2.24. The van der Waals surface area contributed by atoms with Crippen molar-refractivity contribution < 1.29 is 9.53 Å². The van der Waals surface area contributed by atoms with Crippen LogP contribution < -0.4 is 10.6 Å². The highest BCUT2D eigenvalue weighted by molar-refractivity contribution is 6.30. The SMILES string of the molecule is COCCCNc1cc(C(=O)NCc2ccc(Cl)cc2)nc(C)n1. The fourth-order valence-corrected chi connectivity index (χ4v) is 2.21. The summed E-state index contributed by atoms with van der Waals surface area (Å²) in [5, 5.41) is 6.68. The van der Waals surface area contributed by atoms with Gasteiger partial charge in [0, 0.05) is 37.9 Å². The summed E-state index contributed by atoms with van der Waals surface area (Å²) in [7, 11) is 1.66. The number of carbonyl (C=O) groups is 1. The molecule has 1 aromatic heterocycles. The number of hydrogen-bond donors (Lipinski definition) is 2. The first-order chi connectivity index (χ1) is 11.6. The summed E-state index contributed by atoms with van der Waals surface area (Å²) in [6, 6.07) is 8.98. The number of aromatic nitrogens is 2. The Morgan fingerprint density at radius 1 is 1.25 bits per heavy atom. The fourth-order valence-electron chi connectivity index (χ4n) is 2.08. The first-order valence-electron chi connectivity index (χ1n) is 7.69. The summed E-state index contributed by atoms with van der Waals surface area (Å²) < 4.78 is 5.00. The number of methoxy groups -OCH3 is 1. The Bertz CT molecular complexity index is 677. The molecule has 0 spiro atoms. The Kier molecular flexibility index (Phi) is 6.96. The van der Waals surface area contributed by atoms with E-state index in [1.165, 1.54) is 0 Å². The molecule has 2 rings (SSSR count). The van der Waals surface area contributed by atoms with E-state index in [1.54, 1.807) is 32.2 Å². The van der Waals surface area contributed by atoms with Gasteiger partial charge in [-0.05, 0) is 31.0 Å². The lowest BCUT2D eigenvalue weighted by Gasteiger charge is -2.09. The zero-order chi connectivity index (χ0) is 17.4. The highest BCUT2D eigenvalue weighted by atomic mass is 35.5. The summed E-state index contributed by atoms with van der Waals surface area (Å²) in [5.74, 6) is 0.939. The van der Waals surface area contributed by atoms with Crippen molar-refractivity contribution in [2.75, 3.05) is 25.6 Å². The van der Waals surface area contributed by atoms with Crippen molar-refractivity contribution in [3.63, 3.8) is 0 Å². The third kappa shape index (κ3) is 5.79. The molecule has 2 N–H and O–H groups in total. The second-order valence-corrected chi connectivity index (χ2v) is 5.70. The Morgan fingerprint density at radius 3 is 2.71 bits per heavy atom. The number of anilines is 1. The number of amides is 1. The van der Waals surface area contributed by atoms with Crippen LogP contribution in [0.5, 0.6) is 0 Å². The molecule has 6 nitrogen and oxygen atoms in total. The standard InChI is InChI=1S/C17H21ClN4O2/c1-12-21-15(10-16(22-12)19-8-3-9-24-2)17(23)20-11-13-4-6-14(18)7-5-13/h4-7,10H,3,8-9,11H2,1-2H3,(H,20,23)(H,19,21,22). The van der Waals surface area contributed by atoms with Gasteiger partial charge in [-0.25, -0.2) is 9.97 Å². The Morgan fingerprint density at radius 2 is 2.00 bits per heavy atom. The van der Waals surface area contributed by atoms with Crippen molar-refractivity contribution >= 4 is 23.3 Å². The number of carbonyl (C=O) groups excluding carboxylic acids is 1. The van der Waals surface area contributed by atoms with Gasteiger partial charge in [-0.3, -0.25) is 4.79 Å². The van der Waals surface area contributed by atoms with E-state index in [0.717, 1.165) is 18.5 Å². The van der Waals surface area contributed by atoms with Crippen molar-refractivity contribution in [3.05, 3.63) is 52.4 Å². The normalized spacial score (nSPS) is 10.5. The van der Waals surface area contributed by atoms with Crippen LogP contribution in [-0.4, -0.2) is 36.1 Å². The maximum Gasteiger partial charge on any atom is 0.270 e. The molecule has 0 unspecified atom stereocenters. The molecule has 0 aliphatic rings. The van der Waals surface area contributed by atoms with Crippen molar-refractivity contribution in [2.24, 2.45) is 0 Å². The van der Waals surface area contributed by atoms with E-state index in [1.807, 2.05) is 12.1 Å². The lowest BCUT2D eigenvalue weighted by molar-refractivity contribution is 0.0945. The van der Waals surface area contributed by atoms with E-state index in [4.69, 9.17) is 16.3 Å². The zero-order valence-electron chi connectivity index (χ0n) is 13.8. The van der Waals surface area contributed by atoms with Crippen LogP contribution in [0, 0.1) is 6.92 Å². The van der Waals surface area contributed by atoms with Crippen molar-refractivity contribution in [2.45, 2.75) is 19.9 Å². The molecule has 0 aliphatic heterocycles. The van der Waals surface area contributed by atoms with Gasteiger partial charge in [-0.15, -0.1) is 0 Å². The number of halogens is 1. The van der Waals surface area contributed by atoms with Crippen LogP contribution in [0.25, 0.3) is 0 Å². The van der Waals surface area contributed by atoms with Gasteiger partial charge < -0.3 is 15.4 Å².